The van der Waals surface area contributed by atoms with Crippen LogP contribution in [0.1, 0.15) is 26.7 Å². The first kappa shape index (κ1) is 12.6. The number of hydrogen-bond donors (Lipinski definition) is 1. The minimum atomic E-state index is -0.754. The van der Waals surface area contributed by atoms with E-state index in [0.29, 0.717) is 5.01 Å². The molecule has 0 radical (unpaired) electrons. The van der Waals surface area contributed by atoms with E-state index >= 15 is 0 Å². The maximum atomic E-state index is 11.1. The van der Waals surface area contributed by atoms with Gasteiger partial charge in [-0.1, -0.05) is 6.92 Å². The van der Waals surface area contributed by atoms with Gasteiger partial charge in [0.15, 0.2) is 0 Å². The van der Waals surface area contributed by atoms with Gasteiger partial charge in [0.2, 0.25) is 5.91 Å². The fraction of sp³-hybridized carbons (Fsp3) is 0.625. The summed E-state index contributed by atoms with van der Waals surface area (Å²) in [4.78, 5) is 32.9. The summed E-state index contributed by atoms with van der Waals surface area (Å²) in [5.41, 5.74) is 0. The molecule has 2 N–H and O–H groups in total. The smallest absolute Gasteiger partial charge is 0.315 e. The van der Waals surface area contributed by atoms with Gasteiger partial charge in [0.1, 0.15) is 6.42 Å². The molecule has 0 spiro atoms. The van der Waals surface area contributed by atoms with Gasteiger partial charge in [-0.15, -0.1) is 0 Å². The summed E-state index contributed by atoms with van der Waals surface area (Å²) >= 11 is 0. The molecule has 0 saturated heterocycles. The molecule has 0 aliphatic rings. The highest BCUT2D eigenvalue weighted by Crippen LogP contribution is 1.94. The van der Waals surface area contributed by atoms with Gasteiger partial charge in [-0.3, -0.25) is 14.4 Å². The molecule has 0 aromatic rings. The molecule has 6 nitrogen and oxygen atoms in total. The summed E-state index contributed by atoms with van der Waals surface area (Å²) in [6, 6.07) is 0. The van der Waals surface area contributed by atoms with Crippen molar-refractivity contribution in [3.8, 4) is 0 Å². The van der Waals surface area contributed by atoms with Crippen LogP contribution in [0.2, 0.25) is 0 Å². The molecule has 0 aliphatic heterocycles. The minimum absolute atomic E-state index is 0.116. The molecule has 0 aromatic carbocycles. The van der Waals surface area contributed by atoms with E-state index in [0.717, 1.165) is 0 Å². The van der Waals surface area contributed by atoms with Crippen LogP contribution in [0.3, 0.4) is 0 Å². The summed E-state index contributed by atoms with van der Waals surface area (Å²) in [6.45, 7) is 3.39. The Hall–Kier alpha value is -1.43. The molecule has 0 aliphatic carbocycles. The van der Waals surface area contributed by atoms with Crippen molar-refractivity contribution in [1.29, 1.82) is 0 Å². The second kappa shape index (κ2) is 6.09. The van der Waals surface area contributed by atoms with Gasteiger partial charge >= 0.3 is 5.97 Å². The molecular formula is C8H14N2O4. The number of carbonyl (C=O) groups excluding carboxylic acids is 3. The van der Waals surface area contributed by atoms with Crippen LogP contribution in [0.15, 0.2) is 0 Å². The van der Waals surface area contributed by atoms with Crippen molar-refractivity contribution >= 4 is 17.8 Å². The molecule has 6 heteroatoms. The SMILES string of the molecule is CCOC(=O)CC(=O)N(N)C(=O)CC. The Morgan fingerprint density at radius 1 is 1.21 bits per heavy atom. The highest BCUT2D eigenvalue weighted by atomic mass is 16.5. The highest BCUT2D eigenvalue weighted by Gasteiger charge is 2.19. The summed E-state index contributed by atoms with van der Waals surface area (Å²) in [5.74, 6) is 3.18. The van der Waals surface area contributed by atoms with Crippen LogP contribution < -0.4 is 5.84 Å². The zero-order chi connectivity index (χ0) is 11.1. The number of carbonyl (C=O) groups is 3. The zero-order valence-corrected chi connectivity index (χ0v) is 8.28. The molecule has 0 rings (SSSR count). The third kappa shape index (κ3) is 3.99. The number of imide groups is 1. The predicted octanol–water partition coefficient (Wildman–Crippen LogP) is -0.422. The lowest BCUT2D eigenvalue weighted by molar-refractivity contribution is -0.151. The van der Waals surface area contributed by atoms with Gasteiger partial charge in [-0.25, -0.2) is 10.9 Å². The van der Waals surface area contributed by atoms with Crippen molar-refractivity contribution in [3.05, 3.63) is 0 Å². The maximum Gasteiger partial charge on any atom is 0.315 e. The summed E-state index contributed by atoms with van der Waals surface area (Å²) in [5, 5.41) is 0.441. The first-order chi connectivity index (χ1) is 6.52. The number of hydrazine groups is 1. The van der Waals surface area contributed by atoms with E-state index in [9.17, 15) is 14.4 Å². The van der Waals surface area contributed by atoms with Crippen LogP contribution in [-0.2, 0) is 19.1 Å². The van der Waals surface area contributed by atoms with Crippen molar-refractivity contribution in [1.82, 2.24) is 5.01 Å². The molecule has 14 heavy (non-hydrogen) atoms. The van der Waals surface area contributed by atoms with Crippen molar-refractivity contribution < 1.29 is 19.1 Å². The summed E-state index contributed by atoms with van der Waals surface area (Å²) < 4.78 is 4.52. The molecule has 0 bridgehead atoms. The highest BCUT2D eigenvalue weighted by molar-refractivity contribution is 6.02. The van der Waals surface area contributed by atoms with Gasteiger partial charge in [-0.05, 0) is 6.92 Å². The van der Waals surface area contributed by atoms with Gasteiger partial charge in [0.25, 0.3) is 5.91 Å². The van der Waals surface area contributed by atoms with Crippen LogP contribution in [0, 0.1) is 0 Å². The molecule has 80 valence electrons. The van der Waals surface area contributed by atoms with Crippen LogP contribution in [-0.4, -0.2) is 29.4 Å². The lowest BCUT2D eigenvalue weighted by Gasteiger charge is -2.12. The number of amides is 2. The van der Waals surface area contributed by atoms with E-state index < -0.39 is 24.2 Å². The lowest BCUT2D eigenvalue weighted by atomic mass is 10.3. The molecule has 0 unspecified atom stereocenters. The zero-order valence-electron chi connectivity index (χ0n) is 8.28. The Morgan fingerprint density at radius 2 is 1.79 bits per heavy atom. The van der Waals surface area contributed by atoms with E-state index in [4.69, 9.17) is 5.84 Å². The van der Waals surface area contributed by atoms with Crippen LogP contribution in [0.5, 0.6) is 0 Å². The molecule has 2 amide bonds. The largest absolute Gasteiger partial charge is 0.466 e. The standard InChI is InChI=1S/C8H14N2O4/c1-3-6(11)10(9)7(12)5-8(13)14-4-2/h3-5,9H2,1-2H3. The average molecular weight is 202 g/mol. The summed E-state index contributed by atoms with van der Waals surface area (Å²) in [7, 11) is 0. The Labute approximate surface area is 82.0 Å². The quantitative estimate of drug-likeness (QED) is 0.220. The number of nitrogens with zero attached hydrogens (tertiary/aromatic N) is 1. The van der Waals surface area contributed by atoms with Gasteiger partial charge in [0, 0.05) is 6.42 Å². The number of rotatable bonds is 4. The third-order valence-corrected chi connectivity index (χ3v) is 1.44. The Kier molecular flexibility index (Phi) is 5.47. The predicted molar refractivity (Wildman–Crippen MR) is 47.6 cm³/mol. The molecule has 0 aromatic heterocycles. The molecule has 0 fully saturated rings. The van der Waals surface area contributed by atoms with Crippen molar-refractivity contribution in [2.45, 2.75) is 26.7 Å². The van der Waals surface area contributed by atoms with Crippen molar-refractivity contribution in [2.75, 3.05) is 6.61 Å². The lowest BCUT2D eigenvalue weighted by Crippen LogP contribution is -2.43. The summed E-state index contributed by atoms with van der Waals surface area (Å²) in [6.07, 6.45) is -0.388. The van der Waals surface area contributed by atoms with E-state index in [2.05, 4.69) is 4.74 Å². The molecular weight excluding hydrogens is 188 g/mol. The Morgan fingerprint density at radius 3 is 2.21 bits per heavy atom. The number of hydrogen-bond acceptors (Lipinski definition) is 5. The average Bonchev–Trinajstić information content (AvgIpc) is 2.15. The van der Waals surface area contributed by atoms with Crippen molar-refractivity contribution in [2.24, 2.45) is 5.84 Å². The number of esters is 1. The maximum absolute atomic E-state index is 11.1. The number of ether oxygens (including phenoxy) is 1. The second-order valence-corrected chi connectivity index (χ2v) is 2.49. The van der Waals surface area contributed by atoms with Gasteiger partial charge in [0.05, 0.1) is 6.61 Å². The molecule has 0 heterocycles. The number of nitrogens with two attached hydrogens (primary N) is 1. The molecule has 0 saturated carbocycles. The van der Waals surface area contributed by atoms with Crippen LogP contribution in [0.25, 0.3) is 0 Å². The minimum Gasteiger partial charge on any atom is -0.466 e. The first-order valence-corrected chi connectivity index (χ1v) is 4.29. The normalized spacial score (nSPS) is 9.36. The third-order valence-electron chi connectivity index (χ3n) is 1.44. The molecule has 0 atom stereocenters. The van der Waals surface area contributed by atoms with E-state index in [-0.39, 0.29) is 13.0 Å². The monoisotopic (exact) mass is 202 g/mol. The van der Waals surface area contributed by atoms with Crippen LogP contribution in [0.4, 0.5) is 0 Å². The van der Waals surface area contributed by atoms with E-state index in [1.54, 1.807) is 13.8 Å². The second-order valence-electron chi connectivity index (χ2n) is 2.49. The first-order valence-electron chi connectivity index (χ1n) is 4.29. The Bertz CT molecular complexity index is 239. The fourth-order valence-corrected chi connectivity index (χ4v) is 0.730. The van der Waals surface area contributed by atoms with Gasteiger partial charge < -0.3 is 4.74 Å². The fourth-order valence-electron chi connectivity index (χ4n) is 0.730. The van der Waals surface area contributed by atoms with Gasteiger partial charge in [-0.2, -0.15) is 0 Å². The van der Waals surface area contributed by atoms with Crippen molar-refractivity contribution in [3.63, 3.8) is 0 Å². The topological polar surface area (TPSA) is 89.7 Å². The van der Waals surface area contributed by atoms with E-state index in [1.165, 1.54) is 0 Å². The Balaban J connectivity index is 4.08. The van der Waals surface area contributed by atoms with E-state index in [1.807, 2.05) is 0 Å². The van der Waals surface area contributed by atoms with Crippen LogP contribution >= 0.6 is 0 Å².